The molecule has 0 spiro atoms. The monoisotopic (exact) mass is 390 g/mol. The Labute approximate surface area is 164 Å². The number of pyridine rings is 2. The number of nitriles is 1. The Kier molecular flexibility index (Phi) is 5.41. The molecule has 3 rings (SSSR count). The van der Waals surface area contributed by atoms with Crippen molar-refractivity contribution >= 4 is 17.1 Å². The van der Waals surface area contributed by atoms with Crippen LogP contribution in [0, 0.1) is 28.4 Å². The summed E-state index contributed by atoms with van der Waals surface area (Å²) in [4.78, 5) is 27.2. The van der Waals surface area contributed by atoms with Crippen LogP contribution in [-0.2, 0) is 6.54 Å². The predicted molar refractivity (Wildman–Crippen MR) is 102 cm³/mol. The van der Waals surface area contributed by atoms with Crippen molar-refractivity contribution in [3.8, 4) is 11.9 Å². The third-order valence-electron chi connectivity index (χ3n) is 4.14. The van der Waals surface area contributed by atoms with Gasteiger partial charge in [-0.1, -0.05) is 12.1 Å². The van der Waals surface area contributed by atoms with Crippen LogP contribution < -0.4 is 5.56 Å². The predicted octanol–water partition coefficient (Wildman–Crippen LogP) is 3.50. The fourth-order valence-electron chi connectivity index (χ4n) is 2.65. The molecule has 10 nitrogen and oxygen atoms in total. The number of nitro benzene ring substituents is 1. The van der Waals surface area contributed by atoms with Gasteiger partial charge in [0, 0.05) is 30.1 Å². The zero-order valence-corrected chi connectivity index (χ0v) is 15.2. The lowest BCUT2D eigenvalue weighted by Crippen LogP contribution is -2.22. The quantitative estimate of drug-likeness (QED) is 0.400. The van der Waals surface area contributed by atoms with E-state index in [9.17, 15) is 25.3 Å². The van der Waals surface area contributed by atoms with E-state index >= 15 is 0 Å². The van der Waals surface area contributed by atoms with Gasteiger partial charge in [0.15, 0.2) is 5.69 Å². The summed E-state index contributed by atoms with van der Waals surface area (Å²) in [7, 11) is 0. The molecule has 1 N–H and O–H groups in total. The van der Waals surface area contributed by atoms with Gasteiger partial charge in [0.25, 0.3) is 11.2 Å². The first-order chi connectivity index (χ1) is 13.9. The summed E-state index contributed by atoms with van der Waals surface area (Å²) in [5.41, 5.74) is -0.113. The van der Waals surface area contributed by atoms with Crippen molar-refractivity contribution in [2.75, 3.05) is 0 Å². The molecule has 0 radical (unpaired) electrons. The third kappa shape index (κ3) is 3.98. The SMILES string of the molecule is Cc1c(C#N)c(O)n(Cc2cccnc2)c(=O)c1N=Nc1cccc([N+](=O)[O-])c1. The molecule has 0 atom stereocenters. The minimum absolute atomic E-state index is 0.0210. The van der Waals surface area contributed by atoms with E-state index in [2.05, 4.69) is 15.2 Å². The Bertz CT molecular complexity index is 1210. The molecular formula is C19H14N6O4. The second kappa shape index (κ2) is 8.10. The minimum Gasteiger partial charge on any atom is -0.493 e. The van der Waals surface area contributed by atoms with Gasteiger partial charge < -0.3 is 5.11 Å². The van der Waals surface area contributed by atoms with E-state index in [0.717, 1.165) is 4.57 Å². The van der Waals surface area contributed by atoms with Crippen LogP contribution >= 0.6 is 0 Å². The molecule has 29 heavy (non-hydrogen) atoms. The molecule has 1 aromatic carbocycles. The van der Waals surface area contributed by atoms with Crippen molar-refractivity contribution < 1.29 is 10.0 Å². The van der Waals surface area contributed by atoms with Gasteiger partial charge in [0.2, 0.25) is 5.88 Å². The topological polar surface area (TPSA) is 147 Å². The summed E-state index contributed by atoms with van der Waals surface area (Å²) in [6, 6.07) is 10.7. The summed E-state index contributed by atoms with van der Waals surface area (Å²) in [5, 5.41) is 38.5. The van der Waals surface area contributed by atoms with Crippen LogP contribution in [0.1, 0.15) is 16.7 Å². The third-order valence-corrected chi connectivity index (χ3v) is 4.14. The van der Waals surface area contributed by atoms with Gasteiger partial charge in [-0.2, -0.15) is 10.4 Å². The maximum absolute atomic E-state index is 12.9. The summed E-state index contributed by atoms with van der Waals surface area (Å²) in [6.07, 6.45) is 3.10. The largest absolute Gasteiger partial charge is 0.493 e. The zero-order chi connectivity index (χ0) is 21.0. The Hall–Kier alpha value is -4.39. The van der Waals surface area contributed by atoms with Gasteiger partial charge in [-0.05, 0) is 24.6 Å². The Morgan fingerprint density at radius 1 is 1.31 bits per heavy atom. The summed E-state index contributed by atoms with van der Waals surface area (Å²) < 4.78 is 1.00. The van der Waals surface area contributed by atoms with Crippen molar-refractivity contribution in [1.29, 1.82) is 5.26 Å². The van der Waals surface area contributed by atoms with E-state index in [0.29, 0.717) is 5.56 Å². The first-order valence-corrected chi connectivity index (χ1v) is 8.34. The van der Waals surface area contributed by atoms with Crippen molar-refractivity contribution in [3.63, 3.8) is 0 Å². The Balaban J connectivity index is 2.10. The van der Waals surface area contributed by atoms with Crippen molar-refractivity contribution in [1.82, 2.24) is 9.55 Å². The van der Waals surface area contributed by atoms with Crippen LogP contribution in [0.2, 0.25) is 0 Å². The number of aromatic hydroxyl groups is 1. The van der Waals surface area contributed by atoms with E-state index in [4.69, 9.17) is 0 Å². The molecule has 0 saturated heterocycles. The molecule has 0 bridgehead atoms. The molecular weight excluding hydrogens is 376 g/mol. The van der Waals surface area contributed by atoms with Crippen LogP contribution in [0.4, 0.5) is 17.1 Å². The maximum atomic E-state index is 12.9. The maximum Gasteiger partial charge on any atom is 0.281 e. The molecule has 3 aromatic rings. The fraction of sp³-hybridized carbons (Fsp3) is 0.105. The van der Waals surface area contributed by atoms with Crippen LogP contribution in [0.15, 0.2) is 63.8 Å². The second-order valence-electron chi connectivity index (χ2n) is 6.01. The van der Waals surface area contributed by atoms with E-state index in [-0.39, 0.29) is 34.7 Å². The van der Waals surface area contributed by atoms with Crippen molar-refractivity contribution in [3.05, 3.63) is 86.0 Å². The number of rotatable bonds is 5. The highest BCUT2D eigenvalue weighted by Gasteiger charge is 2.19. The van der Waals surface area contributed by atoms with E-state index in [1.807, 2.05) is 6.07 Å². The smallest absolute Gasteiger partial charge is 0.281 e. The van der Waals surface area contributed by atoms with Gasteiger partial charge in [-0.3, -0.25) is 24.5 Å². The standard InChI is InChI=1S/C19H14N6O4/c1-12-16(9-20)18(26)24(11-13-4-3-7-21-10-13)19(27)17(12)23-22-14-5-2-6-15(8-14)25(28)29/h2-8,10,26H,11H2,1H3. The summed E-state index contributed by atoms with van der Waals surface area (Å²) in [6.45, 7) is 1.45. The van der Waals surface area contributed by atoms with Crippen LogP contribution in [0.5, 0.6) is 5.88 Å². The average molecular weight is 390 g/mol. The molecule has 144 valence electrons. The van der Waals surface area contributed by atoms with Gasteiger partial charge in [0.1, 0.15) is 11.6 Å². The van der Waals surface area contributed by atoms with E-state index in [1.54, 1.807) is 18.3 Å². The minimum atomic E-state index is -0.656. The number of benzene rings is 1. The molecule has 2 aromatic heterocycles. The van der Waals surface area contributed by atoms with Crippen LogP contribution in [0.3, 0.4) is 0 Å². The molecule has 0 fully saturated rings. The molecule has 0 saturated carbocycles. The molecule has 0 unspecified atom stereocenters. The Morgan fingerprint density at radius 3 is 2.76 bits per heavy atom. The lowest BCUT2D eigenvalue weighted by atomic mass is 10.1. The van der Waals surface area contributed by atoms with Crippen molar-refractivity contribution in [2.24, 2.45) is 10.2 Å². The summed E-state index contributed by atoms with van der Waals surface area (Å²) >= 11 is 0. The van der Waals surface area contributed by atoms with E-state index < -0.39 is 16.4 Å². The number of azo groups is 1. The summed E-state index contributed by atoms with van der Waals surface area (Å²) in [5.74, 6) is -0.479. The molecule has 10 heteroatoms. The Morgan fingerprint density at radius 2 is 2.10 bits per heavy atom. The van der Waals surface area contributed by atoms with Gasteiger partial charge in [0.05, 0.1) is 17.2 Å². The van der Waals surface area contributed by atoms with E-state index in [1.165, 1.54) is 37.4 Å². The second-order valence-corrected chi connectivity index (χ2v) is 6.01. The normalized spacial score (nSPS) is 10.8. The zero-order valence-electron chi connectivity index (χ0n) is 15.2. The van der Waals surface area contributed by atoms with Crippen molar-refractivity contribution in [2.45, 2.75) is 13.5 Å². The highest BCUT2D eigenvalue weighted by atomic mass is 16.6. The molecule has 0 amide bonds. The number of non-ortho nitro benzene ring substituents is 1. The first kappa shape index (κ1) is 19.4. The first-order valence-electron chi connectivity index (χ1n) is 8.34. The highest BCUT2D eigenvalue weighted by molar-refractivity contribution is 5.57. The van der Waals surface area contributed by atoms with Crippen LogP contribution in [-0.4, -0.2) is 19.6 Å². The van der Waals surface area contributed by atoms with Gasteiger partial charge in [-0.25, -0.2) is 0 Å². The number of hydrogen-bond acceptors (Lipinski definition) is 8. The average Bonchev–Trinajstić information content (AvgIpc) is 2.72. The fourth-order valence-corrected chi connectivity index (χ4v) is 2.65. The lowest BCUT2D eigenvalue weighted by molar-refractivity contribution is -0.384. The molecule has 0 aliphatic heterocycles. The molecule has 0 aliphatic carbocycles. The molecule has 2 heterocycles. The number of aromatic nitrogens is 2. The van der Waals surface area contributed by atoms with Gasteiger partial charge in [-0.15, -0.1) is 5.11 Å². The number of nitro groups is 1. The highest BCUT2D eigenvalue weighted by Crippen LogP contribution is 2.28. The molecule has 0 aliphatic rings. The number of nitrogens with zero attached hydrogens (tertiary/aromatic N) is 6. The van der Waals surface area contributed by atoms with Crippen LogP contribution in [0.25, 0.3) is 0 Å². The number of hydrogen-bond donors (Lipinski definition) is 1. The van der Waals surface area contributed by atoms with Gasteiger partial charge >= 0.3 is 0 Å². The lowest BCUT2D eigenvalue weighted by Gasteiger charge is -2.12.